The van der Waals surface area contributed by atoms with Crippen LogP contribution >= 0.6 is 0 Å². The highest BCUT2D eigenvalue weighted by Gasteiger charge is 2.38. The molecule has 0 unspecified atom stereocenters. The minimum atomic E-state index is -1.86. The van der Waals surface area contributed by atoms with Gasteiger partial charge < -0.3 is 10.0 Å². The van der Waals surface area contributed by atoms with Crippen molar-refractivity contribution in [1.29, 1.82) is 0 Å². The molecule has 128 valence electrons. The topological polar surface area (TPSA) is 69.2 Å². The van der Waals surface area contributed by atoms with Crippen molar-refractivity contribution in [3.63, 3.8) is 0 Å². The number of aliphatic hydroxyl groups is 1. The van der Waals surface area contributed by atoms with Gasteiger partial charge in [-0.05, 0) is 25.0 Å². The number of piperidine rings is 1. The van der Waals surface area contributed by atoms with Crippen molar-refractivity contribution < 1.29 is 23.1 Å². The SMILES string of the molecule is O=C(c1cn[nH]c1-c1c(F)cccc1F)N1CCC[C@](F)(CO)C1. The fraction of sp³-hybridized carbons (Fsp3) is 0.375. The molecule has 1 aliphatic rings. The van der Waals surface area contributed by atoms with E-state index in [1.165, 1.54) is 11.0 Å². The van der Waals surface area contributed by atoms with Crippen molar-refractivity contribution in [3.8, 4) is 11.3 Å². The number of hydrogen-bond acceptors (Lipinski definition) is 3. The summed E-state index contributed by atoms with van der Waals surface area (Å²) in [6, 6.07) is 3.37. The number of halogens is 3. The first kappa shape index (κ1) is 16.5. The van der Waals surface area contributed by atoms with E-state index in [0.29, 0.717) is 13.0 Å². The number of alkyl halides is 1. The molecule has 1 aromatic carbocycles. The molecule has 1 atom stereocenters. The summed E-state index contributed by atoms with van der Waals surface area (Å²) in [6.07, 6.45) is 1.72. The Morgan fingerprint density at radius 2 is 2.08 bits per heavy atom. The van der Waals surface area contributed by atoms with Crippen LogP contribution in [0.5, 0.6) is 0 Å². The van der Waals surface area contributed by atoms with E-state index >= 15 is 0 Å². The molecule has 0 spiro atoms. The summed E-state index contributed by atoms with van der Waals surface area (Å²) in [5, 5.41) is 15.3. The number of carbonyl (C=O) groups excluding carboxylic acids is 1. The standard InChI is InChI=1S/C16H16F3N3O2/c17-11-3-1-4-12(18)13(11)14-10(7-20-21-14)15(24)22-6-2-5-16(19,8-22)9-23/h1,3-4,7,23H,2,5-6,8-9H2,(H,20,21)/t16-/m1/s1. The Morgan fingerprint density at radius 1 is 1.38 bits per heavy atom. The second-order valence-electron chi connectivity index (χ2n) is 5.89. The number of amides is 1. The van der Waals surface area contributed by atoms with Crippen molar-refractivity contribution in [2.45, 2.75) is 18.5 Å². The number of hydrogen-bond donors (Lipinski definition) is 2. The van der Waals surface area contributed by atoms with Gasteiger partial charge in [-0.25, -0.2) is 13.2 Å². The molecule has 2 aromatic rings. The van der Waals surface area contributed by atoms with Gasteiger partial charge in [-0.2, -0.15) is 5.10 Å². The average molecular weight is 339 g/mol. The van der Waals surface area contributed by atoms with Gasteiger partial charge >= 0.3 is 0 Å². The van der Waals surface area contributed by atoms with Gasteiger partial charge in [0.25, 0.3) is 5.91 Å². The second-order valence-corrected chi connectivity index (χ2v) is 5.89. The minimum Gasteiger partial charge on any atom is -0.393 e. The fourth-order valence-corrected chi connectivity index (χ4v) is 2.94. The van der Waals surface area contributed by atoms with E-state index < -0.39 is 29.8 Å². The molecule has 1 saturated heterocycles. The number of likely N-dealkylation sites (tertiary alicyclic amines) is 1. The van der Waals surface area contributed by atoms with Gasteiger partial charge in [-0.15, -0.1) is 0 Å². The molecule has 1 fully saturated rings. The lowest BCUT2D eigenvalue weighted by Crippen LogP contribution is -2.49. The molecule has 1 aliphatic heterocycles. The van der Waals surface area contributed by atoms with E-state index in [9.17, 15) is 18.0 Å². The van der Waals surface area contributed by atoms with Crippen LogP contribution in [0.1, 0.15) is 23.2 Å². The molecule has 0 aliphatic carbocycles. The number of aromatic nitrogens is 2. The molecular weight excluding hydrogens is 323 g/mol. The lowest BCUT2D eigenvalue weighted by Gasteiger charge is -2.36. The van der Waals surface area contributed by atoms with Crippen LogP contribution in [0.2, 0.25) is 0 Å². The lowest BCUT2D eigenvalue weighted by molar-refractivity contribution is 0.00177. The fourth-order valence-electron chi connectivity index (χ4n) is 2.94. The van der Waals surface area contributed by atoms with Crippen molar-refractivity contribution in [3.05, 3.63) is 41.6 Å². The first-order valence-corrected chi connectivity index (χ1v) is 7.52. The van der Waals surface area contributed by atoms with Crippen LogP contribution in [0.15, 0.2) is 24.4 Å². The van der Waals surface area contributed by atoms with Crippen LogP contribution < -0.4 is 0 Å². The number of aliphatic hydroxyl groups excluding tert-OH is 1. The Morgan fingerprint density at radius 3 is 2.75 bits per heavy atom. The third kappa shape index (κ3) is 2.89. The van der Waals surface area contributed by atoms with Crippen LogP contribution in [0.4, 0.5) is 13.2 Å². The van der Waals surface area contributed by atoms with Crippen LogP contribution in [-0.2, 0) is 0 Å². The molecule has 24 heavy (non-hydrogen) atoms. The molecule has 8 heteroatoms. The van der Waals surface area contributed by atoms with E-state index in [1.54, 1.807) is 0 Å². The number of aromatic amines is 1. The number of H-pyrrole nitrogens is 1. The van der Waals surface area contributed by atoms with E-state index in [0.717, 1.165) is 18.3 Å². The zero-order valence-corrected chi connectivity index (χ0v) is 12.7. The molecular formula is C16H16F3N3O2. The Labute approximate surface area is 136 Å². The monoisotopic (exact) mass is 339 g/mol. The molecule has 2 N–H and O–H groups in total. The predicted octanol–water partition coefficient (Wildman–Crippen LogP) is 2.29. The summed E-state index contributed by atoms with van der Waals surface area (Å²) < 4.78 is 42.3. The number of rotatable bonds is 3. The Bertz CT molecular complexity index is 745. The number of nitrogens with zero attached hydrogens (tertiary/aromatic N) is 2. The second kappa shape index (κ2) is 6.27. The van der Waals surface area contributed by atoms with Gasteiger partial charge in [0.15, 0.2) is 5.67 Å². The molecule has 3 rings (SSSR count). The zero-order chi connectivity index (χ0) is 17.3. The zero-order valence-electron chi connectivity index (χ0n) is 12.7. The molecule has 5 nitrogen and oxygen atoms in total. The lowest BCUT2D eigenvalue weighted by atomic mass is 9.95. The van der Waals surface area contributed by atoms with E-state index in [-0.39, 0.29) is 29.8 Å². The van der Waals surface area contributed by atoms with E-state index in [4.69, 9.17) is 5.11 Å². The van der Waals surface area contributed by atoms with Crippen molar-refractivity contribution in [2.75, 3.05) is 19.7 Å². The Kier molecular flexibility index (Phi) is 4.31. The maximum absolute atomic E-state index is 14.3. The third-order valence-electron chi connectivity index (χ3n) is 4.18. The average Bonchev–Trinajstić information content (AvgIpc) is 3.03. The Hall–Kier alpha value is -2.35. The van der Waals surface area contributed by atoms with Gasteiger partial charge in [-0.1, -0.05) is 6.07 Å². The minimum absolute atomic E-state index is 0.0406. The maximum Gasteiger partial charge on any atom is 0.257 e. The number of nitrogens with one attached hydrogen (secondary N) is 1. The van der Waals surface area contributed by atoms with Crippen LogP contribution in [0.3, 0.4) is 0 Å². The third-order valence-corrected chi connectivity index (χ3v) is 4.18. The largest absolute Gasteiger partial charge is 0.393 e. The summed E-state index contributed by atoms with van der Waals surface area (Å²) >= 11 is 0. The summed E-state index contributed by atoms with van der Waals surface area (Å²) in [5.41, 5.74) is -2.37. The summed E-state index contributed by atoms with van der Waals surface area (Å²) in [6.45, 7) is -0.654. The molecule has 0 radical (unpaired) electrons. The number of benzene rings is 1. The first-order valence-electron chi connectivity index (χ1n) is 7.52. The van der Waals surface area contributed by atoms with Crippen LogP contribution in [0, 0.1) is 11.6 Å². The quantitative estimate of drug-likeness (QED) is 0.901. The Balaban J connectivity index is 1.94. The van der Waals surface area contributed by atoms with Gasteiger partial charge in [-0.3, -0.25) is 9.89 Å². The van der Waals surface area contributed by atoms with Crippen molar-refractivity contribution >= 4 is 5.91 Å². The van der Waals surface area contributed by atoms with E-state index in [2.05, 4.69) is 10.2 Å². The van der Waals surface area contributed by atoms with Gasteiger partial charge in [0.2, 0.25) is 0 Å². The van der Waals surface area contributed by atoms with Crippen LogP contribution in [0.25, 0.3) is 11.3 Å². The highest BCUT2D eigenvalue weighted by atomic mass is 19.1. The van der Waals surface area contributed by atoms with E-state index in [1.807, 2.05) is 0 Å². The summed E-state index contributed by atoms with van der Waals surface area (Å²) in [7, 11) is 0. The first-order chi connectivity index (χ1) is 11.4. The predicted molar refractivity (Wildman–Crippen MR) is 80.0 cm³/mol. The molecule has 0 bridgehead atoms. The molecule has 2 heterocycles. The number of carbonyl (C=O) groups is 1. The molecule has 1 amide bonds. The normalized spacial score (nSPS) is 21.1. The summed E-state index contributed by atoms with van der Waals surface area (Å²) in [4.78, 5) is 13.9. The smallest absolute Gasteiger partial charge is 0.257 e. The molecule has 1 aromatic heterocycles. The summed E-state index contributed by atoms with van der Waals surface area (Å²) in [5.74, 6) is -2.25. The van der Waals surface area contributed by atoms with Gasteiger partial charge in [0, 0.05) is 6.54 Å². The van der Waals surface area contributed by atoms with Gasteiger partial charge in [0.1, 0.15) is 11.6 Å². The molecule has 0 saturated carbocycles. The highest BCUT2D eigenvalue weighted by molar-refractivity contribution is 6.00. The maximum atomic E-state index is 14.3. The highest BCUT2D eigenvalue weighted by Crippen LogP contribution is 2.30. The van der Waals surface area contributed by atoms with Crippen molar-refractivity contribution in [1.82, 2.24) is 15.1 Å². The van der Waals surface area contributed by atoms with Crippen LogP contribution in [-0.4, -0.2) is 51.5 Å². The van der Waals surface area contributed by atoms with Gasteiger partial charge in [0.05, 0.1) is 36.2 Å². The van der Waals surface area contributed by atoms with Crippen molar-refractivity contribution in [2.24, 2.45) is 0 Å².